The van der Waals surface area contributed by atoms with Gasteiger partial charge in [-0.3, -0.25) is 0 Å². The van der Waals surface area contributed by atoms with Crippen LogP contribution in [0.2, 0.25) is 0 Å². The quantitative estimate of drug-likeness (QED) is 0.798. The van der Waals surface area contributed by atoms with Gasteiger partial charge < -0.3 is 29.5 Å². The summed E-state index contributed by atoms with van der Waals surface area (Å²) in [5, 5.41) is 14.4. The zero-order chi connectivity index (χ0) is 18.7. The van der Waals surface area contributed by atoms with Crippen LogP contribution in [0.1, 0.15) is 17.2 Å². The molecule has 3 rings (SSSR count). The van der Waals surface area contributed by atoms with Crippen molar-refractivity contribution in [3.63, 3.8) is 0 Å². The van der Waals surface area contributed by atoms with Crippen LogP contribution in [0.4, 0.5) is 5.69 Å². The maximum absolute atomic E-state index is 10.7. The number of nitrogens with one attached hydrogen (secondary N) is 1. The Morgan fingerprint density at radius 2 is 1.85 bits per heavy atom. The van der Waals surface area contributed by atoms with Crippen LogP contribution in [0, 0.1) is 0 Å². The van der Waals surface area contributed by atoms with Crippen molar-refractivity contribution in [2.45, 2.75) is 12.6 Å². The lowest BCUT2D eigenvalue weighted by Gasteiger charge is -2.35. The van der Waals surface area contributed by atoms with Crippen molar-refractivity contribution < 1.29 is 19.3 Å². The third kappa shape index (κ3) is 3.54. The molecule has 2 N–H and O–H groups in total. The van der Waals surface area contributed by atoms with Crippen LogP contribution >= 0.6 is 12.2 Å². The van der Waals surface area contributed by atoms with Crippen LogP contribution < -0.4 is 19.5 Å². The van der Waals surface area contributed by atoms with Crippen LogP contribution in [-0.4, -0.2) is 43.0 Å². The third-order valence-corrected chi connectivity index (χ3v) is 4.76. The largest absolute Gasteiger partial charge is 0.497 e. The zero-order valence-electron chi connectivity index (χ0n) is 15.0. The van der Waals surface area contributed by atoms with Gasteiger partial charge in [-0.25, -0.2) is 0 Å². The van der Waals surface area contributed by atoms with E-state index in [4.69, 9.17) is 26.4 Å². The number of aliphatic hydroxyl groups is 1. The number of rotatable bonds is 4. The molecule has 138 valence electrons. The minimum Gasteiger partial charge on any atom is -0.497 e. The number of fused-ring (bicyclic) bond motifs is 1. The Bertz CT molecular complexity index is 812. The summed E-state index contributed by atoms with van der Waals surface area (Å²) in [5.74, 6) is 2.10. The van der Waals surface area contributed by atoms with Crippen LogP contribution in [0.25, 0.3) is 0 Å². The van der Waals surface area contributed by atoms with Gasteiger partial charge in [0, 0.05) is 29.4 Å². The number of methoxy groups -OCH3 is 3. The summed E-state index contributed by atoms with van der Waals surface area (Å²) in [6.45, 7) is 0.884. The Kier molecular flexibility index (Phi) is 5.49. The lowest BCUT2D eigenvalue weighted by molar-refractivity contribution is 0.123. The Morgan fingerprint density at radius 3 is 2.54 bits per heavy atom. The average Bonchev–Trinajstić information content (AvgIpc) is 2.67. The van der Waals surface area contributed by atoms with Crippen molar-refractivity contribution in [2.75, 3.05) is 33.2 Å². The van der Waals surface area contributed by atoms with Crippen LogP contribution in [0.5, 0.6) is 17.2 Å². The smallest absolute Gasteiger partial charge is 0.173 e. The number of hydrogen-bond acceptors (Lipinski definition) is 5. The summed E-state index contributed by atoms with van der Waals surface area (Å²) in [7, 11) is 4.82. The van der Waals surface area contributed by atoms with E-state index in [9.17, 15) is 5.11 Å². The number of β-amino-alcohol motifs (C(OH)–C–C–N with tert-alkyl or cyclic N) is 1. The summed E-state index contributed by atoms with van der Waals surface area (Å²) < 4.78 is 16.1. The van der Waals surface area contributed by atoms with E-state index in [2.05, 4.69) is 5.32 Å². The second-order valence-electron chi connectivity index (χ2n) is 5.92. The third-order valence-electron chi connectivity index (χ3n) is 4.40. The summed E-state index contributed by atoms with van der Waals surface area (Å²) in [5.41, 5.74) is 2.46. The normalized spacial score (nSPS) is 15.8. The topological polar surface area (TPSA) is 63.2 Å². The molecule has 1 heterocycles. The molecule has 0 saturated carbocycles. The van der Waals surface area contributed by atoms with Gasteiger partial charge in [-0.1, -0.05) is 6.07 Å². The maximum atomic E-state index is 10.7. The van der Waals surface area contributed by atoms with Gasteiger partial charge in [0.2, 0.25) is 0 Å². The zero-order valence-corrected chi connectivity index (χ0v) is 15.8. The van der Waals surface area contributed by atoms with Gasteiger partial charge in [-0.05, 0) is 36.5 Å². The lowest BCUT2D eigenvalue weighted by atomic mass is 9.95. The van der Waals surface area contributed by atoms with E-state index in [0.717, 1.165) is 22.6 Å². The number of benzene rings is 2. The molecule has 1 aliphatic rings. The van der Waals surface area contributed by atoms with E-state index in [1.54, 1.807) is 21.3 Å². The van der Waals surface area contributed by atoms with Gasteiger partial charge in [0.1, 0.15) is 23.4 Å². The van der Waals surface area contributed by atoms with Gasteiger partial charge in [0.25, 0.3) is 0 Å². The first kappa shape index (κ1) is 18.3. The van der Waals surface area contributed by atoms with E-state index in [0.29, 0.717) is 29.7 Å². The molecule has 26 heavy (non-hydrogen) atoms. The molecule has 1 aliphatic heterocycles. The maximum Gasteiger partial charge on any atom is 0.173 e. The summed E-state index contributed by atoms with van der Waals surface area (Å²) in [4.78, 5) is 1.91. The van der Waals surface area contributed by atoms with Crippen molar-refractivity contribution in [1.82, 2.24) is 4.90 Å². The standard InChI is InChI=1S/C19H22N2O4S/c1-23-13-6-4-5-12(9-13)20-19(26)21-10-14-16(24-2)7-8-17(25-3)18(14)15(22)11-21/h4-9,15,22H,10-11H2,1-3H3,(H,20,26)/t15-/m1/s1. The lowest BCUT2D eigenvalue weighted by Crippen LogP contribution is -2.41. The first-order chi connectivity index (χ1) is 12.6. The molecule has 0 radical (unpaired) electrons. The van der Waals surface area contributed by atoms with Crippen molar-refractivity contribution in [2.24, 2.45) is 0 Å². The van der Waals surface area contributed by atoms with Crippen molar-refractivity contribution >= 4 is 23.0 Å². The van der Waals surface area contributed by atoms with E-state index in [1.807, 2.05) is 41.3 Å². The molecular formula is C19H22N2O4S. The first-order valence-electron chi connectivity index (χ1n) is 8.19. The van der Waals surface area contributed by atoms with Gasteiger partial charge in [-0.15, -0.1) is 0 Å². The first-order valence-corrected chi connectivity index (χ1v) is 8.60. The average molecular weight is 374 g/mol. The molecule has 2 aromatic carbocycles. The fraction of sp³-hybridized carbons (Fsp3) is 0.316. The van der Waals surface area contributed by atoms with Gasteiger partial charge in [-0.2, -0.15) is 0 Å². The minimum atomic E-state index is -0.728. The summed E-state index contributed by atoms with van der Waals surface area (Å²) in [6.07, 6.45) is -0.728. The molecule has 0 amide bonds. The molecule has 0 saturated heterocycles. The van der Waals surface area contributed by atoms with E-state index < -0.39 is 6.10 Å². The van der Waals surface area contributed by atoms with Gasteiger partial charge in [0.05, 0.1) is 27.9 Å². The van der Waals surface area contributed by atoms with Crippen LogP contribution in [0.15, 0.2) is 36.4 Å². The second-order valence-corrected chi connectivity index (χ2v) is 6.31. The van der Waals surface area contributed by atoms with E-state index in [-0.39, 0.29) is 0 Å². The number of thiocarbonyl (C=S) groups is 1. The summed E-state index contributed by atoms with van der Waals surface area (Å²) in [6, 6.07) is 11.2. The number of aliphatic hydroxyl groups excluding tert-OH is 1. The predicted molar refractivity (Wildman–Crippen MR) is 104 cm³/mol. The van der Waals surface area contributed by atoms with Crippen molar-refractivity contribution in [3.8, 4) is 17.2 Å². The molecule has 0 spiro atoms. The second kappa shape index (κ2) is 7.80. The molecule has 0 aromatic heterocycles. The van der Waals surface area contributed by atoms with Gasteiger partial charge in [0.15, 0.2) is 5.11 Å². The highest BCUT2D eigenvalue weighted by molar-refractivity contribution is 7.80. The molecule has 0 fully saturated rings. The number of hydrogen-bond donors (Lipinski definition) is 2. The predicted octanol–water partition coefficient (Wildman–Crippen LogP) is 2.96. The monoisotopic (exact) mass is 374 g/mol. The fourth-order valence-corrected chi connectivity index (χ4v) is 3.39. The number of anilines is 1. The Balaban J connectivity index is 1.84. The molecule has 6 nitrogen and oxygen atoms in total. The Morgan fingerprint density at radius 1 is 1.12 bits per heavy atom. The van der Waals surface area contributed by atoms with Crippen molar-refractivity contribution in [1.29, 1.82) is 0 Å². The SMILES string of the molecule is COc1cccc(NC(=S)N2Cc3c(OC)ccc(OC)c3[C@H](O)C2)c1. The van der Waals surface area contributed by atoms with Gasteiger partial charge >= 0.3 is 0 Å². The van der Waals surface area contributed by atoms with Crippen molar-refractivity contribution in [3.05, 3.63) is 47.5 Å². The molecule has 1 atom stereocenters. The van der Waals surface area contributed by atoms with E-state index >= 15 is 0 Å². The molecular weight excluding hydrogens is 352 g/mol. The highest BCUT2D eigenvalue weighted by Crippen LogP contribution is 2.39. The number of nitrogens with zero attached hydrogens (tertiary/aromatic N) is 1. The molecule has 0 bridgehead atoms. The number of ether oxygens (including phenoxy) is 3. The van der Waals surface area contributed by atoms with Crippen LogP contribution in [0.3, 0.4) is 0 Å². The highest BCUT2D eigenvalue weighted by atomic mass is 32.1. The molecule has 2 aromatic rings. The van der Waals surface area contributed by atoms with E-state index in [1.165, 1.54) is 0 Å². The molecule has 7 heteroatoms. The Labute approximate surface area is 158 Å². The minimum absolute atomic E-state index is 0.367. The fourth-order valence-electron chi connectivity index (χ4n) is 3.13. The Hall–Kier alpha value is -2.51. The summed E-state index contributed by atoms with van der Waals surface area (Å²) >= 11 is 5.55. The molecule has 0 aliphatic carbocycles. The van der Waals surface area contributed by atoms with Crippen LogP contribution in [-0.2, 0) is 6.54 Å². The molecule has 0 unspecified atom stereocenters. The highest BCUT2D eigenvalue weighted by Gasteiger charge is 2.30.